The molecule has 0 aliphatic carbocycles. The van der Waals surface area contributed by atoms with E-state index < -0.39 is 6.10 Å². The van der Waals surface area contributed by atoms with E-state index in [1.807, 2.05) is 55.5 Å². The lowest BCUT2D eigenvalue weighted by molar-refractivity contribution is -0.125. The molecule has 0 radical (unpaired) electrons. The Labute approximate surface area is 182 Å². The SMILES string of the molecule is Cc1ccccc1C(=O)Nc1ccc2c(c1)N(CCCc1ccccc1)C(=O)C(C)O2. The molecule has 1 atom stereocenters. The number of amides is 2. The van der Waals surface area contributed by atoms with Crippen molar-refractivity contribution in [1.29, 1.82) is 0 Å². The summed E-state index contributed by atoms with van der Waals surface area (Å²) in [6, 6.07) is 23.1. The number of benzene rings is 3. The van der Waals surface area contributed by atoms with Gasteiger partial charge in [-0.05, 0) is 62.1 Å². The maximum atomic E-state index is 12.8. The minimum absolute atomic E-state index is 0.0667. The normalized spacial score (nSPS) is 15.2. The van der Waals surface area contributed by atoms with Crippen molar-refractivity contribution >= 4 is 23.2 Å². The fourth-order valence-electron chi connectivity index (χ4n) is 3.83. The highest BCUT2D eigenvalue weighted by Crippen LogP contribution is 2.36. The molecule has 3 aromatic carbocycles. The first-order chi connectivity index (χ1) is 15.0. The second kappa shape index (κ2) is 9.04. The van der Waals surface area contributed by atoms with Crippen LogP contribution in [0, 0.1) is 6.92 Å². The van der Waals surface area contributed by atoms with E-state index in [1.54, 1.807) is 24.0 Å². The fourth-order valence-corrected chi connectivity index (χ4v) is 3.83. The number of hydrogen-bond acceptors (Lipinski definition) is 3. The van der Waals surface area contributed by atoms with Gasteiger partial charge in [-0.3, -0.25) is 9.59 Å². The molecular weight excluding hydrogens is 388 g/mol. The molecule has 0 bridgehead atoms. The summed E-state index contributed by atoms with van der Waals surface area (Å²) in [5.74, 6) is 0.411. The number of fused-ring (bicyclic) bond motifs is 1. The topological polar surface area (TPSA) is 58.6 Å². The number of carbonyl (C=O) groups excluding carboxylic acids is 2. The van der Waals surface area contributed by atoms with Crippen LogP contribution in [0.4, 0.5) is 11.4 Å². The number of nitrogens with zero attached hydrogens (tertiary/aromatic N) is 1. The smallest absolute Gasteiger partial charge is 0.267 e. The van der Waals surface area contributed by atoms with Crippen LogP contribution >= 0.6 is 0 Å². The quantitative estimate of drug-likeness (QED) is 0.618. The van der Waals surface area contributed by atoms with Crippen molar-refractivity contribution in [3.8, 4) is 5.75 Å². The molecule has 5 nitrogen and oxygen atoms in total. The molecular formula is C26H26N2O3. The van der Waals surface area contributed by atoms with Gasteiger partial charge in [0.1, 0.15) is 5.75 Å². The largest absolute Gasteiger partial charge is 0.479 e. The van der Waals surface area contributed by atoms with E-state index in [2.05, 4.69) is 17.4 Å². The van der Waals surface area contributed by atoms with Crippen LogP contribution in [0.1, 0.15) is 34.8 Å². The minimum atomic E-state index is -0.531. The predicted octanol–water partition coefficient (Wildman–Crippen LogP) is 4.99. The lowest BCUT2D eigenvalue weighted by Crippen LogP contribution is -2.45. The van der Waals surface area contributed by atoms with Crippen molar-refractivity contribution in [3.63, 3.8) is 0 Å². The van der Waals surface area contributed by atoms with Gasteiger partial charge < -0.3 is 15.0 Å². The maximum Gasteiger partial charge on any atom is 0.267 e. The van der Waals surface area contributed by atoms with Crippen LogP contribution in [0.15, 0.2) is 72.8 Å². The van der Waals surface area contributed by atoms with Crippen LogP contribution in [0.25, 0.3) is 0 Å². The molecule has 0 spiro atoms. The minimum Gasteiger partial charge on any atom is -0.479 e. The van der Waals surface area contributed by atoms with E-state index in [4.69, 9.17) is 4.74 Å². The second-order valence-electron chi connectivity index (χ2n) is 7.79. The van der Waals surface area contributed by atoms with Crippen LogP contribution < -0.4 is 15.0 Å². The number of hydrogen-bond donors (Lipinski definition) is 1. The van der Waals surface area contributed by atoms with Gasteiger partial charge in [0.25, 0.3) is 11.8 Å². The van der Waals surface area contributed by atoms with E-state index in [-0.39, 0.29) is 11.8 Å². The molecule has 4 rings (SSSR count). The Morgan fingerprint density at radius 2 is 1.77 bits per heavy atom. The fraction of sp³-hybridized carbons (Fsp3) is 0.231. The first-order valence-electron chi connectivity index (χ1n) is 10.6. The Kier molecular flexibility index (Phi) is 6.03. The van der Waals surface area contributed by atoms with E-state index >= 15 is 0 Å². The number of aryl methyl sites for hydroxylation is 2. The van der Waals surface area contributed by atoms with Gasteiger partial charge in [0.15, 0.2) is 6.10 Å². The van der Waals surface area contributed by atoms with Crippen molar-refractivity contribution in [2.75, 3.05) is 16.8 Å². The lowest BCUT2D eigenvalue weighted by Gasteiger charge is -2.33. The predicted molar refractivity (Wildman–Crippen MR) is 123 cm³/mol. The summed E-state index contributed by atoms with van der Waals surface area (Å²) >= 11 is 0. The van der Waals surface area contributed by atoms with E-state index in [0.29, 0.717) is 29.2 Å². The Morgan fingerprint density at radius 3 is 2.55 bits per heavy atom. The highest BCUT2D eigenvalue weighted by molar-refractivity contribution is 6.06. The third kappa shape index (κ3) is 4.61. The summed E-state index contributed by atoms with van der Waals surface area (Å²) in [6.45, 7) is 4.26. The molecule has 1 aliphatic heterocycles. The van der Waals surface area contributed by atoms with Crippen molar-refractivity contribution in [1.82, 2.24) is 0 Å². The highest BCUT2D eigenvalue weighted by atomic mass is 16.5. The number of rotatable bonds is 6. The van der Waals surface area contributed by atoms with Gasteiger partial charge in [-0.15, -0.1) is 0 Å². The van der Waals surface area contributed by atoms with Crippen LogP contribution in [0.2, 0.25) is 0 Å². The average molecular weight is 415 g/mol. The van der Waals surface area contributed by atoms with Gasteiger partial charge in [0.2, 0.25) is 0 Å². The Hall–Kier alpha value is -3.60. The van der Waals surface area contributed by atoms with Gasteiger partial charge in [-0.1, -0.05) is 48.5 Å². The summed E-state index contributed by atoms with van der Waals surface area (Å²) in [7, 11) is 0. The molecule has 1 unspecified atom stereocenters. The molecule has 0 saturated heterocycles. The van der Waals surface area contributed by atoms with E-state index in [1.165, 1.54) is 5.56 Å². The van der Waals surface area contributed by atoms with Crippen molar-refractivity contribution in [2.24, 2.45) is 0 Å². The van der Waals surface area contributed by atoms with Gasteiger partial charge in [0, 0.05) is 17.8 Å². The lowest BCUT2D eigenvalue weighted by atomic mass is 10.1. The van der Waals surface area contributed by atoms with Crippen LogP contribution in [-0.2, 0) is 11.2 Å². The zero-order chi connectivity index (χ0) is 21.8. The van der Waals surface area contributed by atoms with Crippen LogP contribution in [-0.4, -0.2) is 24.5 Å². The van der Waals surface area contributed by atoms with E-state index in [9.17, 15) is 9.59 Å². The Bertz CT molecular complexity index is 1090. The Morgan fingerprint density at radius 1 is 1.03 bits per heavy atom. The van der Waals surface area contributed by atoms with Crippen LogP contribution in [0.3, 0.4) is 0 Å². The zero-order valence-corrected chi connectivity index (χ0v) is 17.8. The van der Waals surface area contributed by atoms with Gasteiger partial charge in [-0.25, -0.2) is 0 Å². The number of ether oxygens (including phenoxy) is 1. The van der Waals surface area contributed by atoms with Crippen molar-refractivity contribution in [3.05, 3.63) is 89.5 Å². The molecule has 1 N–H and O–H groups in total. The molecule has 31 heavy (non-hydrogen) atoms. The third-order valence-corrected chi connectivity index (χ3v) is 5.50. The van der Waals surface area contributed by atoms with Crippen molar-refractivity contribution in [2.45, 2.75) is 32.8 Å². The van der Waals surface area contributed by atoms with Gasteiger partial charge >= 0.3 is 0 Å². The number of carbonyl (C=O) groups is 2. The monoisotopic (exact) mass is 414 g/mol. The molecule has 3 aromatic rings. The molecule has 158 valence electrons. The Balaban J connectivity index is 1.53. The maximum absolute atomic E-state index is 12.8. The molecule has 0 saturated carbocycles. The van der Waals surface area contributed by atoms with Gasteiger partial charge in [0.05, 0.1) is 5.69 Å². The summed E-state index contributed by atoms with van der Waals surface area (Å²) in [5, 5.41) is 2.95. The molecule has 5 heteroatoms. The summed E-state index contributed by atoms with van der Waals surface area (Å²) in [4.78, 5) is 27.3. The standard InChI is InChI=1S/C26H26N2O3/c1-18-9-6-7-13-22(18)25(29)27-21-14-15-24-23(17-21)28(26(30)19(2)31-24)16-8-12-20-10-4-3-5-11-20/h3-7,9-11,13-15,17,19H,8,12,16H2,1-2H3,(H,27,29). The molecule has 1 heterocycles. The summed E-state index contributed by atoms with van der Waals surface area (Å²) < 4.78 is 5.80. The molecule has 0 aromatic heterocycles. The van der Waals surface area contributed by atoms with Crippen molar-refractivity contribution < 1.29 is 14.3 Å². The summed E-state index contributed by atoms with van der Waals surface area (Å²) in [5.41, 5.74) is 4.11. The zero-order valence-electron chi connectivity index (χ0n) is 17.8. The second-order valence-corrected chi connectivity index (χ2v) is 7.79. The van der Waals surface area contributed by atoms with Gasteiger partial charge in [-0.2, -0.15) is 0 Å². The molecule has 0 fully saturated rings. The first-order valence-corrected chi connectivity index (χ1v) is 10.6. The third-order valence-electron chi connectivity index (χ3n) is 5.50. The number of anilines is 2. The summed E-state index contributed by atoms with van der Waals surface area (Å²) in [6.07, 6.45) is 1.19. The molecule has 2 amide bonds. The van der Waals surface area contributed by atoms with E-state index in [0.717, 1.165) is 18.4 Å². The molecule has 1 aliphatic rings. The highest BCUT2D eigenvalue weighted by Gasteiger charge is 2.31. The number of nitrogens with one attached hydrogen (secondary N) is 1. The van der Waals surface area contributed by atoms with Crippen LogP contribution in [0.5, 0.6) is 5.75 Å². The first kappa shape index (κ1) is 20.7. The average Bonchev–Trinajstić information content (AvgIpc) is 2.78.